The highest BCUT2D eigenvalue weighted by Gasteiger charge is 2.16. The van der Waals surface area contributed by atoms with Gasteiger partial charge in [0.15, 0.2) is 0 Å². The van der Waals surface area contributed by atoms with E-state index < -0.39 is 5.97 Å². The molecule has 0 atom stereocenters. The van der Waals surface area contributed by atoms with E-state index in [0.717, 1.165) is 24.0 Å². The largest absolute Gasteiger partial charge is 0.481 e. The van der Waals surface area contributed by atoms with E-state index in [1.54, 1.807) is 23.7 Å². The molecule has 0 aliphatic heterocycles. The monoisotopic (exact) mass is 361 g/mol. The maximum atomic E-state index is 12.8. The van der Waals surface area contributed by atoms with E-state index in [2.05, 4.69) is 31.2 Å². The molecule has 3 rings (SSSR count). The minimum atomic E-state index is -0.912. The van der Waals surface area contributed by atoms with Crippen LogP contribution in [0.3, 0.4) is 0 Å². The molecule has 0 bridgehead atoms. The van der Waals surface area contributed by atoms with Gasteiger partial charge in [-0.05, 0) is 35.2 Å². The van der Waals surface area contributed by atoms with Gasteiger partial charge >= 0.3 is 5.97 Å². The van der Waals surface area contributed by atoms with Crippen LogP contribution in [0.2, 0.25) is 0 Å². The Balaban J connectivity index is 1.80. The van der Waals surface area contributed by atoms with E-state index in [0.29, 0.717) is 17.0 Å². The Labute approximate surface area is 159 Å². The molecule has 1 N–H and O–H groups in total. The third kappa shape index (κ3) is 4.17. The first kappa shape index (κ1) is 18.6. The molecule has 3 aromatic rings. The normalized spacial score (nSPS) is 10.7. The topological polar surface area (TPSA) is 59.3 Å². The maximum absolute atomic E-state index is 12.8. The van der Waals surface area contributed by atoms with Crippen LogP contribution >= 0.6 is 0 Å². The van der Waals surface area contributed by atoms with Crippen molar-refractivity contribution in [2.24, 2.45) is 7.05 Å². The number of benzene rings is 2. The Morgan fingerprint density at radius 3 is 2.04 bits per heavy atom. The summed E-state index contributed by atoms with van der Waals surface area (Å²) in [6, 6.07) is 19.4. The van der Waals surface area contributed by atoms with E-state index in [1.807, 2.05) is 24.3 Å². The Kier molecular flexibility index (Phi) is 5.55. The fourth-order valence-electron chi connectivity index (χ4n) is 3.23. The fraction of sp³-hybridized carbons (Fsp3) is 0.217. The first-order valence-corrected chi connectivity index (χ1v) is 9.10. The van der Waals surface area contributed by atoms with Crippen molar-refractivity contribution >= 4 is 11.8 Å². The Hall–Kier alpha value is -3.14. The lowest BCUT2D eigenvalue weighted by Crippen LogP contribution is -2.11. The molecule has 1 heterocycles. The molecule has 1 aromatic heterocycles. The standard InChI is InChI=1S/C23H23NO3/c1-3-4-16-5-7-17(8-6-16)18-9-11-19(12-10-18)23(27)21-14-13-20(24(21)2)15-22(25)26/h5-14H,3-4,15H2,1-2H3,(H,25,26). The summed E-state index contributed by atoms with van der Waals surface area (Å²) in [5.41, 5.74) is 5.19. The second-order valence-corrected chi connectivity index (χ2v) is 6.69. The molecule has 0 spiro atoms. The van der Waals surface area contributed by atoms with Crippen LogP contribution in [0.1, 0.15) is 40.7 Å². The van der Waals surface area contributed by atoms with Gasteiger partial charge in [-0.2, -0.15) is 0 Å². The SMILES string of the molecule is CCCc1ccc(-c2ccc(C(=O)c3ccc(CC(=O)O)n3C)cc2)cc1. The molecule has 0 aliphatic rings. The van der Waals surface area contributed by atoms with Crippen molar-refractivity contribution in [1.82, 2.24) is 4.57 Å². The van der Waals surface area contributed by atoms with Crippen molar-refractivity contribution in [2.45, 2.75) is 26.2 Å². The highest BCUT2D eigenvalue weighted by Crippen LogP contribution is 2.22. The van der Waals surface area contributed by atoms with Crippen LogP contribution in [0, 0.1) is 0 Å². The predicted octanol–water partition coefficient (Wildman–Crippen LogP) is 4.50. The van der Waals surface area contributed by atoms with Crippen LogP contribution in [0.25, 0.3) is 11.1 Å². The zero-order chi connectivity index (χ0) is 19.4. The van der Waals surface area contributed by atoms with Gasteiger partial charge in [0.1, 0.15) is 0 Å². The molecular weight excluding hydrogens is 338 g/mol. The van der Waals surface area contributed by atoms with Crippen LogP contribution in [0.4, 0.5) is 0 Å². The van der Waals surface area contributed by atoms with E-state index in [9.17, 15) is 9.59 Å². The molecular formula is C23H23NO3. The molecule has 0 radical (unpaired) electrons. The van der Waals surface area contributed by atoms with Crippen molar-refractivity contribution in [3.8, 4) is 11.1 Å². The Morgan fingerprint density at radius 1 is 0.889 bits per heavy atom. The second-order valence-electron chi connectivity index (χ2n) is 6.69. The minimum Gasteiger partial charge on any atom is -0.481 e. The van der Waals surface area contributed by atoms with Gasteiger partial charge in [0.05, 0.1) is 12.1 Å². The van der Waals surface area contributed by atoms with E-state index >= 15 is 0 Å². The first-order valence-electron chi connectivity index (χ1n) is 9.10. The quantitative estimate of drug-likeness (QED) is 0.630. The molecule has 2 aromatic carbocycles. The van der Waals surface area contributed by atoms with Crippen molar-refractivity contribution in [3.05, 3.63) is 83.2 Å². The van der Waals surface area contributed by atoms with Gasteiger partial charge in [-0.15, -0.1) is 0 Å². The smallest absolute Gasteiger partial charge is 0.309 e. The van der Waals surface area contributed by atoms with Crippen LogP contribution < -0.4 is 0 Å². The number of carbonyl (C=O) groups is 2. The predicted molar refractivity (Wildman–Crippen MR) is 106 cm³/mol. The number of hydrogen-bond donors (Lipinski definition) is 1. The van der Waals surface area contributed by atoms with Crippen LogP contribution in [-0.2, 0) is 24.7 Å². The summed E-state index contributed by atoms with van der Waals surface area (Å²) in [5.74, 6) is -1.02. The van der Waals surface area contributed by atoms with E-state index in [4.69, 9.17) is 5.11 Å². The number of aromatic nitrogens is 1. The molecule has 138 valence electrons. The summed E-state index contributed by atoms with van der Waals surface area (Å²) < 4.78 is 1.65. The number of aliphatic carboxylic acids is 1. The lowest BCUT2D eigenvalue weighted by Gasteiger charge is -2.08. The molecule has 4 heteroatoms. The lowest BCUT2D eigenvalue weighted by atomic mass is 10.00. The summed E-state index contributed by atoms with van der Waals surface area (Å²) in [4.78, 5) is 23.7. The van der Waals surface area contributed by atoms with Gasteiger partial charge in [-0.1, -0.05) is 61.9 Å². The third-order valence-corrected chi connectivity index (χ3v) is 4.76. The maximum Gasteiger partial charge on any atom is 0.309 e. The molecule has 4 nitrogen and oxygen atoms in total. The summed E-state index contributed by atoms with van der Waals surface area (Å²) in [7, 11) is 1.72. The van der Waals surface area contributed by atoms with Crippen LogP contribution in [-0.4, -0.2) is 21.4 Å². The summed E-state index contributed by atoms with van der Waals surface area (Å²) in [6.07, 6.45) is 2.11. The number of rotatable bonds is 7. The van der Waals surface area contributed by atoms with Crippen molar-refractivity contribution in [3.63, 3.8) is 0 Å². The number of nitrogens with zero attached hydrogens (tertiary/aromatic N) is 1. The molecule has 0 saturated carbocycles. The number of aryl methyl sites for hydroxylation is 1. The molecule has 27 heavy (non-hydrogen) atoms. The van der Waals surface area contributed by atoms with E-state index in [1.165, 1.54) is 5.56 Å². The molecule has 0 unspecified atom stereocenters. The number of carboxylic acids is 1. The van der Waals surface area contributed by atoms with Gasteiger partial charge in [0, 0.05) is 18.3 Å². The van der Waals surface area contributed by atoms with Gasteiger partial charge < -0.3 is 9.67 Å². The molecule has 0 fully saturated rings. The zero-order valence-corrected chi connectivity index (χ0v) is 15.6. The summed E-state index contributed by atoms with van der Waals surface area (Å²) in [6.45, 7) is 2.17. The van der Waals surface area contributed by atoms with Gasteiger partial charge in [0.2, 0.25) is 5.78 Å². The Bertz CT molecular complexity index is 950. The zero-order valence-electron chi connectivity index (χ0n) is 15.6. The number of carbonyl (C=O) groups excluding carboxylic acids is 1. The molecule has 0 saturated heterocycles. The van der Waals surface area contributed by atoms with Crippen molar-refractivity contribution in [1.29, 1.82) is 0 Å². The molecule has 0 aliphatic carbocycles. The molecule has 0 amide bonds. The highest BCUT2D eigenvalue weighted by atomic mass is 16.4. The van der Waals surface area contributed by atoms with Crippen molar-refractivity contribution < 1.29 is 14.7 Å². The average Bonchev–Trinajstić information content (AvgIpc) is 3.02. The number of carboxylic acid groups (broad SMARTS) is 1. The van der Waals surface area contributed by atoms with Crippen molar-refractivity contribution in [2.75, 3.05) is 0 Å². The number of hydrogen-bond acceptors (Lipinski definition) is 2. The summed E-state index contributed by atoms with van der Waals surface area (Å²) >= 11 is 0. The summed E-state index contributed by atoms with van der Waals surface area (Å²) in [5, 5.41) is 8.94. The van der Waals surface area contributed by atoms with Gasteiger partial charge in [0.25, 0.3) is 0 Å². The minimum absolute atomic E-state index is 0.100. The highest BCUT2D eigenvalue weighted by molar-refractivity contribution is 6.08. The van der Waals surface area contributed by atoms with Gasteiger partial charge in [-0.3, -0.25) is 9.59 Å². The second kappa shape index (κ2) is 8.04. The Morgan fingerprint density at radius 2 is 1.48 bits per heavy atom. The lowest BCUT2D eigenvalue weighted by molar-refractivity contribution is -0.136. The average molecular weight is 361 g/mol. The van der Waals surface area contributed by atoms with E-state index in [-0.39, 0.29) is 12.2 Å². The van der Waals surface area contributed by atoms with Gasteiger partial charge in [-0.25, -0.2) is 0 Å². The third-order valence-electron chi connectivity index (χ3n) is 4.76. The van der Waals surface area contributed by atoms with Crippen LogP contribution in [0.15, 0.2) is 60.7 Å². The number of ketones is 1. The van der Waals surface area contributed by atoms with Crippen LogP contribution in [0.5, 0.6) is 0 Å². The fourth-order valence-corrected chi connectivity index (χ4v) is 3.23. The first-order chi connectivity index (χ1) is 13.0.